The van der Waals surface area contributed by atoms with E-state index in [1.807, 2.05) is 17.5 Å². The van der Waals surface area contributed by atoms with E-state index in [0.717, 1.165) is 4.88 Å². The van der Waals surface area contributed by atoms with Crippen LogP contribution in [0.1, 0.15) is 42.5 Å². The molecule has 5 rings (SSSR count). The van der Waals surface area contributed by atoms with Gasteiger partial charge in [0.25, 0.3) is 0 Å². The normalized spacial score (nSPS) is 20.6. The highest BCUT2D eigenvalue weighted by molar-refractivity contribution is 7.10. The molecule has 1 aromatic heterocycles. The maximum absolute atomic E-state index is 15.5. The topological polar surface area (TPSA) is 98.9 Å². The molecule has 0 radical (unpaired) electrons. The fourth-order valence-electron chi connectivity index (χ4n) is 5.64. The Bertz CT molecular complexity index is 1570. The van der Waals surface area contributed by atoms with Gasteiger partial charge in [0.15, 0.2) is 5.78 Å². The van der Waals surface area contributed by atoms with E-state index < -0.39 is 47.1 Å². The molecule has 0 fully saturated rings. The van der Waals surface area contributed by atoms with E-state index in [1.54, 1.807) is 26.0 Å². The molecule has 0 saturated heterocycles. The van der Waals surface area contributed by atoms with Gasteiger partial charge in [-0.3, -0.25) is 14.5 Å². The third kappa shape index (κ3) is 5.04. The zero-order valence-corrected chi connectivity index (χ0v) is 23.3. The molecule has 0 amide bonds. The number of hydrogen-bond acceptors (Lipinski definition) is 8. The van der Waals surface area contributed by atoms with Crippen LogP contribution in [0, 0.1) is 17.6 Å². The number of carbonyl (C=O) groups excluding carboxylic acids is 3. The number of ether oxygens (including phenoxy) is 2. The second-order valence-electron chi connectivity index (χ2n) is 9.57. The highest BCUT2D eigenvalue weighted by Gasteiger charge is 2.52. The number of thiophene rings is 1. The zero-order valence-electron chi connectivity index (χ0n) is 22.4. The number of esters is 2. The molecule has 7 nitrogen and oxygen atoms in total. The summed E-state index contributed by atoms with van der Waals surface area (Å²) in [6.45, 7) is 3.30. The van der Waals surface area contributed by atoms with Gasteiger partial charge in [0, 0.05) is 27.6 Å². The molecule has 2 heterocycles. The minimum Gasteiger partial charge on any atom is -0.465 e. The van der Waals surface area contributed by atoms with Gasteiger partial charge in [-0.2, -0.15) is 0 Å². The number of nitrogens with zero attached hydrogens (tertiary/aromatic N) is 1. The molecular formula is C31H28F2N2O5S. The van der Waals surface area contributed by atoms with Gasteiger partial charge in [0.2, 0.25) is 0 Å². The molecule has 0 unspecified atom stereocenters. The molecule has 3 atom stereocenters. The van der Waals surface area contributed by atoms with Crippen molar-refractivity contribution in [2.45, 2.75) is 32.1 Å². The summed E-state index contributed by atoms with van der Waals surface area (Å²) in [6.07, 6.45) is 0.114. The van der Waals surface area contributed by atoms with E-state index in [0.29, 0.717) is 5.70 Å². The Morgan fingerprint density at radius 2 is 1.78 bits per heavy atom. The summed E-state index contributed by atoms with van der Waals surface area (Å²) in [6, 6.07) is 15.0. The smallest absolute Gasteiger partial charge is 0.338 e. The molecule has 2 aliphatic rings. The number of Topliss-reactive ketones (excluding diaryl/α,β-unsaturated/α-hetero) is 1. The lowest BCUT2D eigenvalue weighted by atomic mass is 9.68. The number of benzene rings is 2. The van der Waals surface area contributed by atoms with Crippen LogP contribution in [-0.2, 0) is 23.9 Å². The van der Waals surface area contributed by atoms with Gasteiger partial charge in [-0.1, -0.05) is 30.3 Å². The molecular weight excluding hydrogens is 550 g/mol. The molecule has 0 bridgehead atoms. The van der Waals surface area contributed by atoms with Gasteiger partial charge in [-0.25, -0.2) is 13.6 Å². The molecule has 212 valence electrons. The average molecular weight is 579 g/mol. The van der Waals surface area contributed by atoms with Crippen molar-refractivity contribution in [3.63, 3.8) is 0 Å². The minimum absolute atomic E-state index is 0.00861. The number of allylic oxidation sites excluding steroid dienone is 2. The number of rotatable bonds is 7. The highest BCUT2D eigenvalue weighted by Crippen LogP contribution is 2.52. The van der Waals surface area contributed by atoms with E-state index in [1.165, 1.54) is 52.6 Å². The van der Waals surface area contributed by atoms with Crippen molar-refractivity contribution in [3.05, 3.63) is 111 Å². The molecule has 2 aromatic carbocycles. The summed E-state index contributed by atoms with van der Waals surface area (Å²) in [5.41, 5.74) is 7.17. The molecule has 10 heteroatoms. The fourth-order valence-corrected chi connectivity index (χ4v) is 6.50. The van der Waals surface area contributed by atoms with E-state index in [-0.39, 0.29) is 47.9 Å². The van der Waals surface area contributed by atoms with E-state index in [2.05, 4.69) is 0 Å². The van der Waals surface area contributed by atoms with Crippen LogP contribution in [0.2, 0.25) is 0 Å². The van der Waals surface area contributed by atoms with Gasteiger partial charge < -0.3 is 15.2 Å². The lowest BCUT2D eigenvalue weighted by Crippen LogP contribution is -2.46. The van der Waals surface area contributed by atoms with Gasteiger partial charge in [0.05, 0.1) is 30.4 Å². The van der Waals surface area contributed by atoms with Crippen LogP contribution in [0.5, 0.6) is 0 Å². The number of nitrogens with two attached hydrogens (primary N) is 1. The monoisotopic (exact) mass is 578 g/mol. The van der Waals surface area contributed by atoms with Crippen molar-refractivity contribution in [2.75, 3.05) is 18.1 Å². The van der Waals surface area contributed by atoms with Crippen LogP contribution in [0.15, 0.2) is 88.7 Å². The molecule has 2 N–H and O–H groups in total. The SMILES string of the molecule is CCOC(=O)C1=C(N)N(c2cccc(F)c2)C2=C(C(=O)[C@H](C(=O)OCC)[C@@H](c3cccs3)C2)[C@@H]1c1ccccc1F. The first-order valence-electron chi connectivity index (χ1n) is 13.2. The Morgan fingerprint density at radius 3 is 2.44 bits per heavy atom. The van der Waals surface area contributed by atoms with Gasteiger partial charge in [-0.15, -0.1) is 11.3 Å². The largest absolute Gasteiger partial charge is 0.465 e. The molecule has 1 aliphatic heterocycles. The van der Waals surface area contributed by atoms with Gasteiger partial charge in [-0.05, 0) is 56.0 Å². The summed E-state index contributed by atoms with van der Waals surface area (Å²) in [5.74, 6) is -6.69. The number of ketones is 1. The second-order valence-corrected chi connectivity index (χ2v) is 10.5. The Hall–Kier alpha value is -4.31. The third-order valence-electron chi connectivity index (χ3n) is 7.27. The van der Waals surface area contributed by atoms with Crippen LogP contribution in [-0.4, -0.2) is 30.9 Å². The summed E-state index contributed by atoms with van der Waals surface area (Å²) < 4.78 is 40.6. The molecule has 41 heavy (non-hydrogen) atoms. The van der Waals surface area contributed by atoms with Gasteiger partial charge >= 0.3 is 11.9 Å². The first-order valence-corrected chi connectivity index (χ1v) is 14.1. The quantitative estimate of drug-likeness (QED) is 0.290. The summed E-state index contributed by atoms with van der Waals surface area (Å²) in [5, 5.41) is 1.84. The predicted molar refractivity (Wildman–Crippen MR) is 150 cm³/mol. The van der Waals surface area contributed by atoms with Crippen molar-refractivity contribution < 1.29 is 32.6 Å². The fraction of sp³-hybridized carbons (Fsp3) is 0.258. The van der Waals surface area contributed by atoms with Crippen LogP contribution in [0.25, 0.3) is 0 Å². The maximum atomic E-state index is 15.5. The number of hydrogen-bond donors (Lipinski definition) is 1. The van der Waals surface area contributed by atoms with E-state index in [9.17, 15) is 18.8 Å². The molecule has 3 aromatic rings. The zero-order chi connectivity index (χ0) is 29.3. The highest BCUT2D eigenvalue weighted by atomic mass is 32.1. The van der Waals surface area contributed by atoms with E-state index >= 15 is 4.39 Å². The van der Waals surface area contributed by atoms with Crippen LogP contribution in [0.4, 0.5) is 14.5 Å². The predicted octanol–water partition coefficient (Wildman–Crippen LogP) is 5.55. The molecule has 0 spiro atoms. The summed E-state index contributed by atoms with van der Waals surface area (Å²) >= 11 is 1.38. The van der Waals surface area contributed by atoms with Crippen molar-refractivity contribution in [1.82, 2.24) is 0 Å². The second kappa shape index (κ2) is 11.7. The first-order chi connectivity index (χ1) is 19.8. The summed E-state index contributed by atoms with van der Waals surface area (Å²) in [7, 11) is 0. The van der Waals surface area contributed by atoms with Crippen molar-refractivity contribution in [3.8, 4) is 0 Å². The van der Waals surface area contributed by atoms with Crippen LogP contribution >= 0.6 is 11.3 Å². The van der Waals surface area contributed by atoms with Crippen LogP contribution in [0.3, 0.4) is 0 Å². The number of carbonyl (C=O) groups is 3. The standard InChI is InChI=1S/C31H28F2N2O5S/c1-3-39-30(37)25-20(23-13-8-14-41-23)16-22-26(28(25)36)24(19-11-5-6-12-21(19)33)27(31(38)40-4-2)29(34)35(22)18-10-7-9-17(32)15-18/h5-15,20,24-25H,3-4,16,34H2,1-2H3/t20-,24+,25-/m1/s1. The van der Waals surface area contributed by atoms with E-state index in [4.69, 9.17) is 15.2 Å². The Morgan fingerprint density at radius 1 is 1.02 bits per heavy atom. The van der Waals surface area contributed by atoms with Gasteiger partial charge in [0.1, 0.15) is 23.4 Å². The van der Waals surface area contributed by atoms with Crippen molar-refractivity contribution >= 4 is 34.7 Å². The minimum atomic E-state index is -1.27. The first kappa shape index (κ1) is 28.2. The Balaban J connectivity index is 1.83. The Labute approximate surface area is 239 Å². The van der Waals surface area contributed by atoms with Crippen LogP contribution < -0.4 is 10.6 Å². The number of anilines is 1. The average Bonchev–Trinajstić information content (AvgIpc) is 3.48. The molecule has 0 saturated carbocycles. The molecule has 1 aliphatic carbocycles. The summed E-state index contributed by atoms with van der Waals surface area (Å²) in [4.78, 5) is 43.6. The van der Waals surface area contributed by atoms with Crippen molar-refractivity contribution in [1.29, 1.82) is 0 Å². The maximum Gasteiger partial charge on any atom is 0.338 e. The van der Waals surface area contributed by atoms with Crippen molar-refractivity contribution in [2.24, 2.45) is 11.7 Å². The third-order valence-corrected chi connectivity index (χ3v) is 8.27. The lowest BCUT2D eigenvalue weighted by Gasteiger charge is -2.43. The lowest BCUT2D eigenvalue weighted by molar-refractivity contribution is -0.152. The Kier molecular flexibility index (Phi) is 8.03. The number of halogens is 2.